The fourth-order valence-electron chi connectivity index (χ4n) is 3.52. The predicted octanol–water partition coefficient (Wildman–Crippen LogP) is 4.41. The molecule has 2 aromatic heterocycles. The van der Waals surface area contributed by atoms with Gasteiger partial charge in [-0.25, -0.2) is 0 Å². The summed E-state index contributed by atoms with van der Waals surface area (Å²) >= 11 is 1.99. The second-order valence-electron chi connectivity index (χ2n) is 6.20. The molecule has 0 saturated carbocycles. The van der Waals surface area contributed by atoms with Crippen molar-refractivity contribution in [1.82, 2.24) is 10.3 Å². The maximum atomic E-state index is 4.61. The predicted molar refractivity (Wildman–Crippen MR) is 90.0 cm³/mol. The van der Waals surface area contributed by atoms with Crippen LogP contribution in [0.25, 0.3) is 0 Å². The van der Waals surface area contributed by atoms with Gasteiger partial charge < -0.3 is 5.32 Å². The average Bonchev–Trinajstić information content (AvgIpc) is 2.95. The molecule has 1 atom stereocenters. The van der Waals surface area contributed by atoms with Crippen LogP contribution in [-0.2, 0) is 19.4 Å². The summed E-state index contributed by atoms with van der Waals surface area (Å²) in [6, 6.07) is 4.93. The molecule has 2 nitrogen and oxygen atoms in total. The first-order valence-electron chi connectivity index (χ1n) is 7.83. The van der Waals surface area contributed by atoms with Crippen molar-refractivity contribution in [3.63, 3.8) is 0 Å². The number of rotatable bonds is 4. The Labute approximate surface area is 131 Å². The molecule has 0 aromatic carbocycles. The number of fused-ring (bicyclic) bond motifs is 1. The molecule has 3 rings (SSSR count). The summed E-state index contributed by atoms with van der Waals surface area (Å²) in [5.74, 6) is 0. The third-order valence-electron chi connectivity index (χ3n) is 4.40. The second-order valence-corrected chi connectivity index (χ2v) is 7.42. The Morgan fingerprint density at radius 2 is 2.05 bits per heavy atom. The average molecular weight is 300 g/mol. The molecule has 1 N–H and O–H groups in total. The van der Waals surface area contributed by atoms with Gasteiger partial charge in [-0.05, 0) is 75.8 Å². The van der Waals surface area contributed by atoms with Crippen molar-refractivity contribution in [3.05, 3.63) is 50.0 Å². The van der Waals surface area contributed by atoms with Crippen LogP contribution in [0.4, 0.5) is 0 Å². The van der Waals surface area contributed by atoms with Gasteiger partial charge in [0.1, 0.15) is 0 Å². The van der Waals surface area contributed by atoms with Gasteiger partial charge >= 0.3 is 0 Å². The highest BCUT2D eigenvalue weighted by molar-refractivity contribution is 7.12. The van der Waals surface area contributed by atoms with Gasteiger partial charge in [0.05, 0.1) is 0 Å². The van der Waals surface area contributed by atoms with Crippen molar-refractivity contribution in [1.29, 1.82) is 0 Å². The van der Waals surface area contributed by atoms with Crippen LogP contribution in [0.15, 0.2) is 12.1 Å². The summed E-state index contributed by atoms with van der Waals surface area (Å²) in [4.78, 5) is 7.70. The molecule has 21 heavy (non-hydrogen) atoms. The molecule has 0 amide bonds. The molecule has 1 aliphatic rings. The zero-order valence-electron chi connectivity index (χ0n) is 13.4. The van der Waals surface area contributed by atoms with Crippen LogP contribution in [0.2, 0.25) is 0 Å². The quantitative estimate of drug-likeness (QED) is 0.905. The molecular formula is C18H24N2S. The number of aryl methyl sites for hydroxylation is 5. The lowest BCUT2D eigenvalue weighted by molar-refractivity contribution is 0.570. The smallest absolute Gasteiger partial charge is 0.0426 e. The highest BCUT2D eigenvalue weighted by Crippen LogP contribution is 2.31. The Kier molecular flexibility index (Phi) is 4.14. The van der Waals surface area contributed by atoms with E-state index in [1.54, 1.807) is 10.4 Å². The summed E-state index contributed by atoms with van der Waals surface area (Å²) in [5, 5.41) is 3.68. The van der Waals surface area contributed by atoms with E-state index in [1.807, 2.05) is 11.3 Å². The summed E-state index contributed by atoms with van der Waals surface area (Å²) in [6.07, 6.45) is 3.91. The Bertz CT molecular complexity index is 613. The number of nitrogens with zero attached hydrogens (tertiary/aromatic N) is 1. The Morgan fingerprint density at radius 1 is 1.24 bits per heavy atom. The molecule has 0 bridgehead atoms. The Morgan fingerprint density at radius 3 is 2.76 bits per heavy atom. The molecule has 0 fully saturated rings. The van der Waals surface area contributed by atoms with Gasteiger partial charge in [-0.2, -0.15) is 0 Å². The van der Waals surface area contributed by atoms with Crippen LogP contribution in [0.1, 0.15) is 57.2 Å². The van der Waals surface area contributed by atoms with E-state index in [0.29, 0.717) is 6.04 Å². The molecule has 0 aliphatic heterocycles. The van der Waals surface area contributed by atoms with Gasteiger partial charge in [-0.1, -0.05) is 0 Å². The third kappa shape index (κ3) is 3.04. The summed E-state index contributed by atoms with van der Waals surface area (Å²) in [6.45, 7) is 9.58. The maximum Gasteiger partial charge on any atom is 0.0426 e. The Hall–Kier alpha value is -1.19. The zero-order valence-corrected chi connectivity index (χ0v) is 14.2. The molecule has 0 radical (unpaired) electrons. The molecule has 1 aliphatic carbocycles. The fourth-order valence-corrected chi connectivity index (χ4v) is 4.73. The number of hydrogen-bond acceptors (Lipinski definition) is 3. The second kappa shape index (κ2) is 5.90. The van der Waals surface area contributed by atoms with E-state index in [1.165, 1.54) is 35.3 Å². The molecule has 1 unspecified atom stereocenters. The first kappa shape index (κ1) is 14.7. The summed E-state index contributed by atoms with van der Waals surface area (Å²) in [7, 11) is 0. The molecule has 0 saturated heterocycles. The molecular weight excluding hydrogens is 276 g/mol. The highest BCUT2D eigenvalue weighted by atomic mass is 32.1. The fraction of sp³-hybridized carbons (Fsp3) is 0.500. The van der Waals surface area contributed by atoms with Gasteiger partial charge in [0.2, 0.25) is 0 Å². The van der Waals surface area contributed by atoms with E-state index in [2.05, 4.69) is 50.1 Å². The molecule has 2 heterocycles. The van der Waals surface area contributed by atoms with Crippen molar-refractivity contribution in [2.24, 2.45) is 0 Å². The van der Waals surface area contributed by atoms with E-state index in [4.69, 9.17) is 0 Å². The lowest BCUT2D eigenvalue weighted by Crippen LogP contribution is -2.20. The largest absolute Gasteiger partial charge is 0.305 e. The SMILES string of the molecule is Cc1cc(C)c(C(C)NCc2cc3c(s2)CCC3)c(C)n1. The monoisotopic (exact) mass is 300 g/mol. The van der Waals surface area contributed by atoms with E-state index in [9.17, 15) is 0 Å². The van der Waals surface area contributed by atoms with Crippen LogP contribution >= 0.6 is 11.3 Å². The minimum Gasteiger partial charge on any atom is -0.305 e. The van der Waals surface area contributed by atoms with Crippen LogP contribution in [0.3, 0.4) is 0 Å². The van der Waals surface area contributed by atoms with Crippen LogP contribution in [-0.4, -0.2) is 4.98 Å². The standard InChI is InChI=1S/C18H24N2S/c1-11-8-12(2)20-14(4)18(11)13(3)19-10-16-9-15-6-5-7-17(15)21-16/h8-9,13,19H,5-7,10H2,1-4H3. The maximum absolute atomic E-state index is 4.61. The van der Waals surface area contributed by atoms with E-state index in [0.717, 1.165) is 17.9 Å². The van der Waals surface area contributed by atoms with E-state index in [-0.39, 0.29) is 0 Å². The summed E-state index contributed by atoms with van der Waals surface area (Å²) in [5.41, 5.74) is 6.55. The van der Waals surface area contributed by atoms with E-state index >= 15 is 0 Å². The number of aromatic nitrogens is 1. The van der Waals surface area contributed by atoms with Gasteiger partial charge in [-0.3, -0.25) is 4.98 Å². The highest BCUT2D eigenvalue weighted by Gasteiger charge is 2.16. The van der Waals surface area contributed by atoms with Gasteiger partial charge in [-0.15, -0.1) is 11.3 Å². The molecule has 0 spiro atoms. The van der Waals surface area contributed by atoms with Crippen LogP contribution in [0.5, 0.6) is 0 Å². The number of thiophene rings is 1. The van der Waals surface area contributed by atoms with Crippen molar-refractivity contribution in [2.45, 2.75) is 59.5 Å². The van der Waals surface area contributed by atoms with Gasteiger partial charge in [0, 0.05) is 33.7 Å². The first-order chi connectivity index (χ1) is 10.0. The van der Waals surface area contributed by atoms with Crippen molar-refractivity contribution < 1.29 is 0 Å². The lowest BCUT2D eigenvalue weighted by atomic mass is 10.0. The zero-order chi connectivity index (χ0) is 15.0. The summed E-state index contributed by atoms with van der Waals surface area (Å²) < 4.78 is 0. The Balaban J connectivity index is 1.70. The number of nitrogens with one attached hydrogen (secondary N) is 1. The van der Waals surface area contributed by atoms with Crippen molar-refractivity contribution in [3.8, 4) is 0 Å². The minimum atomic E-state index is 0.343. The molecule has 2 aromatic rings. The number of pyridine rings is 1. The van der Waals surface area contributed by atoms with Crippen LogP contribution in [0, 0.1) is 20.8 Å². The van der Waals surface area contributed by atoms with E-state index < -0.39 is 0 Å². The van der Waals surface area contributed by atoms with Gasteiger partial charge in [0.25, 0.3) is 0 Å². The molecule has 3 heteroatoms. The normalized spacial score (nSPS) is 15.2. The topological polar surface area (TPSA) is 24.9 Å². The van der Waals surface area contributed by atoms with Crippen LogP contribution < -0.4 is 5.32 Å². The number of hydrogen-bond donors (Lipinski definition) is 1. The van der Waals surface area contributed by atoms with Crippen molar-refractivity contribution >= 4 is 11.3 Å². The van der Waals surface area contributed by atoms with Gasteiger partial charge in [0.15, 0.2) is 0 Å². The van der Waals surface area contributed by atoms with Crippen molar-refractivity contribution in [2.75, 3.05) is 0 Å². The lowest BCUT2D eigenvalue weighted by Gasteiger charge is -2.18. The first-order valence-corrected chi connectivity index (χ1v) is 8.65. The molecule has 112 valence electrons. The minimum absolute atomic E-state index is 0.343. The third-order valence-corrected chi connectivity index (χ3v) is 5.63.